The Hall–Kier alpha value is -2.04. The van der Waals surface area contributed by atoms with Gasteiger partial charge >= 0.3 is 0 Å². The second-order valence-corrected chi connectivity index (χ2v) is 7.56. The number of fused-ring (bicyclic) bond motifs is 1. The molecule has 4 rings (SSSR count). The van der Waals surface area contributed by atoms with E-state index < -0.39 is 0 Å². The first kappa shape index (κ1) is 17.4. The van der Waals surface area contributed by atoms with Gasteiger partial charge in [0.15, 0.2) is 17.6 Å². The van der Waals surface area contributed by atoms with Gasteiger partial charge in [-0.1, -0.05) is 36.4 Å². The van der Waals surface area contributed by atoms with Crippen molar-refractivity contribution in [2.24, 2.45) is 0 Å². The van der Waals surface area contributed by atoms with E-state index in [1.54, 1.807) is 0 Å². The Bertz CT molecular complexity index is 723. The average Bonchev–Trinajstić information content (AvgIpc) is 2.68. The lowest BCUT2D eigenvalue weighted by molar-refractivity contribution is 0.0912. The molecule has 0 aliphatic carbocycles. The Labute approximate surface area is 156 Å². The van der Waals surface area contributed by atoms with Gasteiger partial charge in [0.25, 0.3) is 0 Å². The monoisotopic (exact) mass is 352 g/mol. The zero-order valence-corrected chi connectivity index (χ0v) is 15.7. The topological polar surface area (TPSA) is 24.9 Å². The van der Waals surface area contributed by atoms with E-state index in [4.69, 9.17) is 9.47 Å². The average molecular weight is 352 g/mol. The smallest absolute Gasteiger partial charge is 0.162 e. The molecule has 1 fully saturated rings. The summed E-state index contributed by atoms with van der Waals surface area (Å²) in [6.45, 7) is 3.97. The van der Waals surface area contributed by atoms with Crippen LogP contribution in [0.2, 0.25) is 0 Å². The molecule has 4 nitrogen and oxygen atoms in total. The van der Waals surface area contributed by atoms with Gasteiger partial charge in [0.2, 0.25) is 0 Å². The SMILES string of the molecule is CN1CCC(N(C)Cc2ccc([C@H]3COc4ccccc4O3)cc2)CC1. The predicted octanol–water partition coefficient (Wildman–Crippen LogP) is 3.73. The highest BCUT2D eigenvalue weighted by molar-refractivity contribution is 5.41. The van der Waals surface area contributed by atoms with Crippen molar-refractivity contribution in [2.75, 3.05) is 33.8 Å². The van der Waals surface area contributed by atoms with Crippen LogP contribution in [-0.4, -0.2) is 49.6 Å². The molecule has 0 radical (unpaired) electrons. The van der Waals surface area contributed by atoms with E-state index in [-0.39, 0.29) is 6.10 Å². The highest BCUT2D eigenvalue weighted by Crippen LogP contribution is 2.35. The third-order valence-corrected chi connectivity index (χ3v) is 5.60. The maximum absolute atomic E-state index is 6.10. The van der Waals surface area contributed by atoms with Crippen molar-refractivity contribution in [1.82, 2.24) is 9.80 Å². The number of rotatable bonds is 4. The molecule has 0 unspecified atom stereocenters. The zero-order valence-electron chi connectivity index (χ0n) is 15.7. The van der Waals surface area contributed by atoms with E-state index in [1.165, 1.54) is 37.1 Å². The molecule has 1 atom stereocenters. The minimum Gasteiger partial charge on any atom is -0.485 e. The molecule has 1 saturated heterocycles. The van der Waals surface area contributed by atoms with Gasteiger partial charge in [-0.05, 0) is 63.3 Å². The molecule has 2 aliphatic heterocycles. The molecule has 2 aliphatic rings. The number of piperidine rings is 1. The highest BCUT2D eigenvalue weighted by Gasteiger charge is 2.23. The number of nitrogens with zero attached hydrogens (tertiary/aromatic N) is 2. The fourth-order valence-corrected chi connectivity index (χ4v) is 3.87. The molecule has 0 spiro atoms. The summed E-state index contributed by atoms with van der Waals surface area (Å²) in [6, 6.07) is 17.4. The van der Waals surface area contributed by atoms with Crippen LogP contribution in [0.1, 0.15) is 30.1 Å². The van der Waals surface area contributed by atoms with E-state index in [9.17, 15) is 0 Å². The van der Waals surface area contributed by atoms with Crippen molar-refractivity contribution in [3.05, 3.63) is 59.7 Å². The van der Waals surface area contributed by atoms with Crippen LogP contribution in [0.5, 0.6) is 11.5 Å². The van der Waals surface area contributed by atoms with E-state index >= 15 is 0 Å². The van der Waals surface area contributed by atoms with Crippen LogP contribution < -0.4 is 9.47 Å². The lowest BCUT2D eigenvalue weighted by Gasteiger charge is -2.35. The summed E-state index contributed by atoms with van der Waals surface area (Å²) in [5, 5.41) is 0. The summed E-state index contributed by atoms with van der Waals surface area (Å²) in [5.74, 6) is 1.66. The number of hydrogen-bond donors (Lipinski definition) is 0. The van der Waals surface area contributed by atoms with Gasteiger partial charge in [0, 0.05) is 12.6 Å². The van der Waals surface area contributed by atoms with Crippen LogP contribution in [-0.2, 0) is 6.54 Å². The van der Waals surface area contributed by atoms with E-state index in [0.717, 1.165) is 18.0 Å². The maximum Gasteiger partial charge on any atom is 0.162 e. The summed E-state index contributed by atoms with van der Waals surface area (Å²) in [7, 11) is 4.46. The quantitative estimate of drug-likeness (QED) is 0.837. The predicted molar refractivity (Wildman–Crippen MR) is 104 cm³/mol. The molecule has 4 heteroatoms. The van der Waals surface area contributed by atoms with Crippen molar-refractivity contribution in [1.29, 1.82) is 0 Å². The Morgan fingerprint density at radius 3 is 2.42 bits per heavy atom. The summed E-state index contributed by atoms with van der Waals surface area (Å²) in [6.07, 6.45) is 2.49. The Morgan fingerprint density at radius 1 is 1.00 bits per heavy atom. The normalized spacial score (nSPS) is 21.1. The Balaban J connectivity index is 1.37. The molecule has 0 saturated carbocycles. The van der Waals surface area contributed by atoms with Gasteiger partial charge in [-0.15, -0.1) is 0 Å². The van der Waals surface area contributed by atoms with E-state index in [0.29, 0.717) is 12.6 Å². The van der Waals surface area contributed by atoms with Crippen molar-refractivity contribution in [2.45, 2.75) is 31.5 Å². The summed E-state index contributed by atoms with van der Waals surface area (Å²) >= 11 is 0. The minimum atomic E-state index is -0.0365. The van der Waals surface area contributed by atoms with Gasteiger partial charge in [-0.25, -0.2) is 0 Å². The first-order valence-corrected chi connectivity index (χ1v) is 9.55. The van der Waals surface area contributed by atoms with Gasteiger partial charge in [-0.2, -0.15) is 0 Å². The van der Waals surface area contributed by atoms with Crippen molar-refractivity contribution in [3.8, 4) is 11.5 Å². The maximum atomic E-state index is 6.10. The molecule has 2 aromatic rings. The van der Waals surface area contributed by atoms with Crippen molar-refractivity contribution in [3.63, 3.8) is 0 Å². The van der Waals surface area contributed by atoms with E-state index in [1.807, 2.05) is 24.3 Å². The van der Waals surface area contributed by atoms with Crippen LogP contribution in [0.3, 0.4) is 0 Å². The lowest BCUT2D eigenvalue weighted by Crippen LogP contribution is -2.41. The van der Waals surface area contributed by atoms with Crippen LogP contribution in [0.25, 0.3) is 0 Å². The van der Waals surface area contributed by atoms with E-state index in [2.05, 4.69) is 48.2 Å². The second kappa shape index (κ2) is 7.68. The number of ether oxygens (including phenoxy) is 2. The molecule has 0 aromatic heterocycles. The highest BCUT2D eigenvalue weighted by atomic mass is 16.6. The molecular formula is C22H28N2O2. The number of likely N-dealkylation sites (tertiary alicyclic amines) is 1. The molecule has 0 N–H and O–H groups in total. The standard InChI is InChI=1S/C22H28N2O2/c1-23-13-11-19(12-14-23)24(2)15-17-7-9-18(10-8-17)22-16-25-20-5-3-4-6-21(20)26-22/h3-10,19,22H,11-16H2,1-2H3/t22-/m1/s1. The van der Waals surface area contributed by atoms with Crippen LogP contribution in [0, 0.1) is 0 Å². The zero-order chi connectivity index (χ0) is 17.9. The lowest BCUT2D eigenvalue weighted by atomic mass is 10.0. The first-order valence-electron chi connectivity index (χ1n) is 9.55. The molecule has 138 valence electrons. The third-order valence-electron chi connectivity index (χ3n) is 5.60. The third kappa shape index (κ3) is 3.87. The Morgan fingerprint density at radius 2 is 1.69 bits per heavy atom. The minimum absolute atomic E-state index is 0.0365. The molecule has 26 heavy (non-hydrogen) atoms. The second-order valence-electron chi connectivity index (χ2n) is 7.56. The largest absolute Gasteiger partial charge is 0.485 e. The van der Waals surface area contributed by atoms with Gasteiger partial charge in [0.05, 0.1) is 0 Å². The molecule has 2 heterocycles. The molecule has 2 aromatic carbocycles. The summed E-state index contributed by atoms with van der Waals surface area (Å²) in [4.78, 5) is 4.92. The number of para-hydroxylation sites is 2. The fraction of sp³-hybridized carbons (Fsp3) is 0.455. The molecule has 0 amide bonds. The van der Waals surface area contributed by atoms with Gasteiger partial charge < -0.3 is 14.4 Å². The van der Waals surface area contributed by atoms with Crippen LogP contribution >= 0.6 is 0 Å². The summed E-state index contributed by atoms with van der Waals surface area (Å²) in [5.41, 5.74) is 2.53. The van der Waals surface area contributed by atoms with Gasteiger partial charge in [0.1, 0.15) is 6.61 Å². The fourth-order valence-electron chi connectivity index (χ4n) is 3.87. The van der Waals surface area contributed by atoms with Crippen LogP contribution in [0.15, 0.2) is 48.5 Å². The first-order chi connectivity index (χ1) is 12.7. The molecular weight excluding hydrogens is 324 g/mol. The molecule has 0 bridgehead atoms. The van der Waals surface area contributed by atoms with Crippen LogP contribution in [0.4, 0.5) is 0 Å². The Kier molecular flexibility index (Phi) is 5.14. The van der Waals surface area contributed by atoms with Crippen molar-refractivity contribution >= 4 is 0 Å². The summed E-state index contributed by atoms with van der Waals surface area (Å²) < 4.78 is 11.9. The van der Waals surface area contributed by atoms with Gasteiger partial charge in [-0.3, -0.25) is 4.90 Å². The van der Waals surface area contributed by atoms with Crippen molar-refractivity contribution < 1.29 is 9.47 Å². The number of benzene rings is 2. The number of hydrogen-bond acceptors (Lipinski definition) is 4.